The average Bonchev–Trinajstić information content (AvgIpc) is 3.11. The second kappa shape index (κ2) is 8.75. The summed E-state index contributed by atoms with van der Waals surface area (Å²) in [5.41, 5.74) is 1.16. The summed E-state index contributed by atoms with van der Waals surface area (Å²) < 4.78 is 1.50. The fourth-order valence-corrected chi connectivity index (χ4v) is 4.66. The maximum atomic E-state index is 12.2. The van der Waals surface area contributed by atoms with E-state index in [4.69, 9.17) is 0 Å². The van der Waals surface area contributed by atoms with Crippen LogP contribution in [0.25, 0.3) is 10.2 Å². The highest BCUT2D eigenvalue weighted by Gasteiger charge is 2.11. The molecule has 0 bridgehead atoms. The van der Waals surface area contributed by atoms with Crippen LogP contribution in [0.4, 0.5) is 0 Å². The van der Waals surface area contributed by atoms with Gasteiger partial charge < -0.3 is 5.32 Å². The monoisotopic (exact) mass is 405 g/mol. The van der Waals surface area contributed by atoms with Crippen LogP contribution >= 0.6 is 34.9 Å². The van der Waals surface area contributed by atoms with Gasteiger partial charge in [-0.15, -0.1) is 23.1 Å². The highest BCUT2D eigenvalue weighted by atomic mass is 32.2. The van der Waals surface area contributed by atoms with Crippen molar-refractivity contribution in [3.05, 3.63) is 51.6 Å². The lowest BCUT2D eigenvalue weighted by Gasteiger charge is -2.08. The number of thiophene rings is 1. The van der Waals surface area contributed by atoms with Crippen LogP contribution in [0.15, 0.2) is 50.6 Å². The highest BCUT2D eigenvalue weighted by Crippen LogP contribution is 2.20. The summed E-state index contributed by atoms with van der Waals surface area (Å²) in [4.78, 5) is 30.6. The third kappa shape index (κ3) is 4.69. The van der Waals surface area contributed by atoms with Crippen molar-refractivity contribution in [2.24, 2.45) is 7.05 Å². The van der Waals surface area contributed by atoms with Gasteiger partial charge in [0.2, 0.25) is 5.91 Å². The molecule has 1 N–H and O–H groups in total. The Kier molecular flexibility index (Phi) is 6.39. The predicted octanol–water partition coefficient (Wildman–Crippen LogP) is 3.30. The Morgan fingerprint density at radius 1 is 1.23 bits per heavy atom. The molecule has 0 aliphatic rings. The molecule has 0 saturated heterocycles. The summed E-state index contributed by atoms with van der Waals surface area (Å²) in [5.74, 6) is 1.00. The maximum absolute atomic E-state index is 12.2. The molecule has 136 valence electrons. The number of carbonyl (C=O) groups is 1. The van der Waals surface area contributed by atoms with E-state index >= 15 is 0 Å². The number of amides is 1. The van der Waals surface area contributed by atoms with Gasteiger partial charge in [0.1, 0.15) is 4.83 Å². The van der Waals surface area contributed by atoms with Crippen molar-refractivity contribution in [3.8, 4) is 0 Å². The van der Waals surface area contributed by atoms with E-state index in [1.54, 1.807) is 24.9 Å². The van der Waals surface area contributed by atoms with Gasteiger partial charge in [-0.05, 0) is 30.5 Å². The van der Waals surface area contributed by atoms with Gasteiger partial charge in [0.25, 0.3) is 5.56 Å². The van der Waals surface area contributed by atoms with E-state index < -0.39 is 0 Å². The van der Waals surface area contributed by atoms with Crippen LogP contribution in [0, 0.1) is 6.92 Å². The molecular weight excluding hydrogens is 386 g/mol. The fraction of sp³-hybridized carbons (Fsp3) is 0.278. The molecule has 0 fully saturated rings. The van der Waals surface area contributed by atoms with E-state index in [-0.39, 0.29) is 17.2 Å². The Balaban J connectivity index is 1.46. The molecule has 0 atom stereocenters. The molecule has 0 radical (unpaired) electrons. The number of aryl methyl sites for hydroxylation is 1. The van der Waals surface area contributed by atoms with E-state index in [1.807, 2.05) is 5.38 Å². The summed E-state index contributed by atoms with van der Waals surface area (Å²) in [6.07, 6.45) is 0. The average molecular weight is 406 g/mol. The lowest BCUT2D eigenvalue weighted by Crippen LogP contribution is -2.28. The van der Waals surface area contributed by atoms with Gasteiger partial charge in [0.15, 0.2) is 5.16 Å². The summed E-state index contributed by atoms with van der Waals surface area (Å²) in [5, 5.41) is 5.95. The molecule has 0 aliphatic heterocycles. The Bertz CT molecular complexity index is 964. The molecule has 0 unspecified atom stereocenters. The largest absolute Gasteiger partial charge is 0.355 e. The molecule has 2 heterocycles. The zero-order valence-electron chi connectivity index (χ0n) is 14.5. The second-order valence-corrected chi connectivity index (χ2v) is 8.70. The van der Waals surface area contributed by atoms with E-state index in [0.29, 0.717) is 21.9 Å². The number of thioether (sulfide) groups is 2. The minimum absolute atomic E-state index is 0.0555. The van der Waals surface area contributed by atoms with Gasteiger partial charge in [-0.2, -0.15) is 0 Å². The number of nitrogens with one attached hydrogen (secondary N) is 1. The third-order valence-corrected chi connectivity index (χ3v) is 6.56. The van der Waals surface area contributed by atoms with Crippen molar-refractivity contribution >= 4 is 51.0 Å². The van der Waals surface area contributed by atoms with Gasteiger partial charge >= 0.3 is 0 Å². The van der Waals surface area contributed by atoms with Gasteiger partial charge in [-0.1, -0.05) is 29.5 Å². The number of carbonyl (C=O) groups excluding carboxylic acids is 1. The van der Waals surface area contributed by atoms with Crippen LogP contribution < -0.4 is 10.9 Å². The van der Waals surface area contributed by atoms with E-state index in [9.17, 15) is 9.59 Å². The van der Waals surface area contributed by atoms with Crippen LogP contribution in [-0.4, -0.2) is 33.5 Å². The number of hydrogen-bond acceptors (Lipinski definition) is 6. The number of fused-ring (bicyclic) bond motifs is 1. The lowest BCUT2D eigenvalue weighted by molar-refractivity contribution is -0.118. The molecule has 0 aliphatic carbocycles. The molecule has 2 aromatic heterocycles. The molecular formula is C18H19N3O2S3. The highest BCUT2D eigenvalue weighted by molar-refractivity contribution is 7.99. The van der Waals surface area contributed by atoms with Crippen LogP contribution in [0.5, 0.6) is 0 Å². The van der Waals surface area contributed by atoms with Gasteiger partial charge in [-0.3, -0.25) is 14.2 Å². The minimum atomic E-state index is -0.0753. The first-order valence-electron chi connectivity index (χ1n) is 8.08. The molecule has 1 aromatic carbocycles. The van der Waals surface area contributed by atoms with Crippen molar-refractivity contribution < 1.29 is 4.79 Å². The second-order valence-electron chi connectivity index (χ2n) is 5.70. The van der Waals surface area contributed by atoms with Crippen molar-refractivity contribution in [3.63, 3.8) is 0 Å². The smallest absolute Gasteiger partial charge is 0.262 e. The van der Waals surface area contributed by atoms with E-state index in [0.717, 1.165) is 5.75 Å². The number of nitrogens with zero attached hydrogens (tertiary/aromatic N) is 2. The van der Waals surface area contributed by atoms with Gasteiger partial charge in [0, 0.05) is 24.2 Å². The third-order valence-electron chi connectivity index (χ3n) is 3.71. The van der Waals surface area contributed by atoms with Crippen molar-refractivity contribution in [2.75, 3.05) is 18.1 Å². The molecule has 3 rings (SSSR count). The Labute approximate surface area is 164 Å². The zero-order valence-corrected chi connectivity index (χ0v) is 17.0. The van der Waals surface area contributed by atoms with E-state index in [1.165, 1.54) is 38.1 Å². The minimum Gasteiger partial charge on any atom is -0.355 e. The zero-order chi connectivity index (χ0) is 18.5. The summed E-state index contributed by atoms with van der Waals surface area (Å²) in [6, 6.07) is 10.1. The number of aromatic nitrogens is 2. The SMILES string of the molecule is Cc1ccc(SCCNC(=O)CSc2nc3sccc3c(=O)n2C)cc1. The number of benzene rings is 1. The molecule has 26 heavy (non-hydrogen) atoms. The van der Waals surface area contributed by atoms with Crippen molar-refractivity contribution in [2.45, 2.75) is 17.0 Å². The first-order valence-corrected chi connectivity index (χ1v) is 10.9. The van der Waals surface area contributed by atoms with E-state index in [2.05, 4.69) is 41.5 Å². The van der Waals surface area contributed by atoms with Crippen molar-refractivity contribution in [1.29, 1.82) is 0 Å². The Morgan fingerprint density at radius 2 is 2.00 bits per heavy atom. The molecule has 3 aromatic rings. The normalized spacial score (nSPS) is 11.0. The molecule has 0 saturated carbocycles. The molecule has 0 spiro atoms. The first kappa shape index (κ1) is 19.0. The molecule has 1 amide bonds. The molecule has 5 nitrogen and oxygen atoms in total. The number of rotatable bonds is 7. The quantitative estimate of drug-likeness (QED) is 0.371. The Morgan fingerprint density at radius 3 is 2.77 bits per heavy atom. The Hall–Kier alpha value is -1.77. The summed E-state index contributed by atoms with van der Waals surface area (Å²) >= 11 is 4.43. The lowest BCUT2D eigenvalue weighted by atomic mass is 10.2. The summed E-state index contributed by atoms with van der Waals surface area (Å²) in [6.45, 7) is 2.67. The van der Waals surface area contributed by atoms with Gasteiger partial charge in [0.05, 0.1) is 11.1 Å². The summed E-state index contributed by atoms with van der Waals surface area (Å²) in [7, 11) is 1.69. The van der Waals surface area contributed by atoms with Crippen LogP contribution in [0.1, 0.15) is 5.56 Å². The van der Waals surface area contributed by atoms with Crippen LogP contribution in [0.3, 0.4) is 0 Å². The number of hydrogen-bond donors (Lipinski definition) is 1. The van der Waals surface area contributed by atoms with Gasteiger partial charge in [-0.25, -0.2) is 4.98 Å². The molecule has 8 heteroatoms. The predicted molar refractivity (Wildman–Crippen MR) is 110 cm³/mol. The van der Waals surface area contributed by atoms with Crippen LogP contribution in [0.2, 0.25) is 0 Å². The first-order chi connectivity index (χ1) is 12.5. The van der Waals surface area contributed by atoms with Crippen molar-refractivity contribution in [1.82, 2.24) is 14.9 Å². The van der Waals surface area contributed by atoms with Crippen LogP contribution in [-0.2, 0) is 11.8 Å². The fourth-order valence-electron chi connectivity index (χ4n) is 2.28. The topological polar surface area (TPSA) is 64.0 Å². The standard InChI is InChI=1S/C18H19N3O2S3/c1-12-3-5-13(6-4-12)24-10-8-19-15(22)11-26-18-20-16-14(7-9-25-16)17(23)21(18)2/h3-7,9H,8,10-11H2,1-2H3,(H,19,22). The maximum Gasteiger partial charge on any atom is 0.262 e.